The van der Waals surface area contributed by atoms with E-state index in [0.717, 1.165) is 129 Å². The molecule has 8 nitrogen and oxygen atoms in total. The average Bonchev–Trinajstić information content (AvgIpc) is 3.25. The third-order valence-electron chi connectivity index (χ3n) is 13.1. The topological polar surface area (TPSA) is 85.4 Å². The van der Waals surface area contributed by atoms with Crippen molar-refractivity contribution in [2.75, 3.05) is 59.6 Å². The van der Waals surface area contributed by atoms with Gasteiger partial charge in [0.25, 0.3) is 0 Å². The van der Waals surface area contributed by atoms with Crippen LogP contribution in [0.1, 0.15) is 240 Å². The van der Waals surface area contributed by atoms with Crippen molar-refractivity contribution >= 4 is 17.9 Å². The van der Waals surface area contributed by atoms with Gasteiger partial charge in [0.15, 0.2) is 0 Å². The van der Waals surface area contributed by atoms with Crippen LogP contribution in [-0.2, 0) is 28.6 Å². The van der Waals surface area contributed by atoms with E-state index in [1.165, 1.54) is 103 Å². The molecule has 0 radical (unpaired) electrons. The quantitative estimate of drug-likeness (QED) is 0.0341. The molecule has 0 amide bonds. The van der Waals surface area contributed by atoms with Crippen LogP contribution >= 0.6 is 0 Å². The van der Waals surface area contributed by atoms with E-state index in [-0.39, 0.29) is 23.8 Å². The first kappa shape index (κ1) is 56.3. The van der Waals surface area contributed by atoms with Gasteiger partial charge in [-0.05, 0) is 63.8 Å². The van der Waals surface area contributed by atoms with E-state index in [4.69, 9.17) is 14.2 Å². The Labute approximate surface area is 372 Å². The van der Waals surface area contributed by atoms with Crippen LogP contribution in [-0.4, -0.2) is 87.3 Å². The number of carbonyl (C=O) groups is 3. The first-order valence-electron chi connectivity index (χ1n) is 26.2. The molecule has 0 aromatic heterocycles. The van der Waals surface area contributed by atoms with E-state index >= 15 is 0 Å². The van der Waals surface area contributed by atoms with Crippen molar-refractivity contribution in [1.82, 2.24) is 9.80 Å². The van der Waals surface area contributed by atoms with E-state index in [1.54, 1.807) is 0 Å². The maximum atomic E-state index is 13.3. The lowest BCUT2D eigenvalue weighted by Gasteiger charge is -2.32. The number of nitrogens with zero attached hydrogens (tertiary/aromatic N) is 2. The number of unbranched alkanes of at least 4 members (excludes halogenated alkanes) is 16. The molecular weight excluding hydrogens is 749 g/mol. The van der Waals surface area contributed by atoms with Crippen LogP contribution in [0, 0.1) is 17.8 Å². The maximum absolute atomic E-state index is 13.3. The van der Waals surface area contributed by atoms with Gasteiger partial charge in [0.05, 0.1) is 25.7 Å². The van der Waals surface area contributed by atoms with E-state index in [9.17, 15) is 14.4 Å². The number of esters is 3. The van der Waals surface area contributed by atoms with Crippen molar-refractivity contribution in [3.63, 3.8) is 0 Å². The van der Waals surface area contributed by atoms with E-state index < -0.39 is 0 Å². The molecule has 0 spiro atoms. The summed E-state index contributed by atoms with van der Waals surface area (Å²) in [6, 6.07) is 0. The fourth-order valence-corrected chi connectivity index (χ4v) is 8.78. The summed E-state index contributed by atoms with van der Waals surface area (Å²) in [5.74, 6) is 1.38. The van der Waals surface area contributed by atoms with Gasteiger partial charge in [-0.3, -0.25) is 14.4 Å². The van der Waals surface area contributed by atoms with Crippen LogP contribution < -0.4 is 0 Å². The Hall–Kier alpha value is -1.67. The minimum Gasteiger partial charge on any atom is -0.466 e. The zero-order valence-corrected chi connectivity index (χ0v) is 40.6. The predicted molar refractivity (Wildman–Crippen MR) is 252 cm³/mol. The minimum absolute atomic E-state index is 0.00722. The molecule has 1 aliphatic heterocycles. The van der Waals surface area contributed by atoms with Gasteiger partial charge >= 0.3 is 17.9 Å². The summed E-state index contributed by atoms with van der Waals surface area (Å²) in [5.41, 5.74) is 0. The number of ether oxygens (including phenoxy) is 3. The lowest BCUT2D eigenvalue weighted by molar-refractivity contribution is -0.149. The summed E-state index contributed by atoms with van der Waals surface area (Å²) in [7, 11) is 2.18. The Bertz CT molecular complexity index is 914. The molecule has 0 saturated carbocycles. The largest absolute Gasteiger partial charge is 0.466 e. The summed E-state index contributed by atoms with van der Waals surface area (Å²) >= 11 is 0. The number of hydrogen-bond acceptors (Lipinski definition) is 8. The summed E-state index contributed by atoms with van der Waals surface area (Å²) in [4.78, 5) is 42.7. The first-order chi connectivity index (χ1) is 29.3. The van der Waals surface area contributed by atoms with Crippen LogP contribution in [0.15, 0.2) is 0 Å². The minimum atomic E-state index is -0.0230. The molecule has 1 rings (SSSR count). The second-order valence-corrected chi connectivity index (χ2v) is 18.7. The van der Waals surface area contributed by atoms with Gasteiger partial charge in [-0.1, -0.05) is 182 Å². The molecule has 1 aliphatic rings. The van der Waals surface area contributed by atoms with Crippen molar-refractivity contribution in [2.45, 2.75) is 240 Å². The monoisotopic (exact) mass is 849 g/mol. The average molecular weight is 849 g/mol. The summed E-state index contributed by atoms with van der Waals surface area (Å²) < 4.78 is 17.1. The SMILES string of the molecule is CCCCC(CCCC)CCOC(=O)CCCCCCCCCC(CCCCCCCCCC(=O)OCCC(CCCC)CCCC)C(=O)OCCCN1CCN(C)CC1. The van der Waals surface area contributed by atoms with E-state index in [2.05, 4.69) is 44.5 Å². The Kier molecular flexibility index (Phi) is 38.8. The van der Waals surface area contributed by atoms with Crippen LogP contribution in [0.5, 0.6) is 0 Å². The van der Waals surface area contributed by atoms with Gasteiger partial charge in [-0.2, -0.15) is 0 Å². The predicted octanol–water partition coefficient (Wildman–Crippen LogP) is 13.7. The van der Waals surface area contributed by atoms with Crippen LogP contribution in [0.25, 0.3) is 0 Å². The van der Waals surface area contributed by atoms with Gasteiger partial charge in [0.2, 0.25) is 0 Å². The normalized spacial score (nSPS) is 13.8. The number of piperazine rings is 1. The number of hydrogen-bond donors (Lipinski definition) is 0. The highest BCUT2D eigenvalue weighted by Crippen LogP contribution is 2.23. The summed E-state index contributed by atoms with van der Waals surface area (Å²) in [5, 5.41) is 0. The molecule has 1 heterocycles. The molecule has 0 aromatic carbocycles. The molecule has 1 fully saturated rings. The lowest BCUT2D eigenvalue weighted by atomic mass is 9.93. The fraction of sp³-hybridized carbons (Fsp3) is 0.942. The lowest BCUT2D eigenvalue weighted by Crippen LogP contribution is -2.44. The Morgan fingerprint density at radius 3 is 1.20 bits per heavy atom. The second-order valence-electron chi connectivity index (χ2n) is 18.7. The fourth-order valence-electron chi connectivity index (χ4n) is 8.78. The third kappa shape index (κ3) is 33.9. The van der Waals surface area contributed by atoms with E-state index in [1.807, 2.05) is 0 Å². The van der Waals surface area contributed by atoms with Crippen LogP contribution in [0.2, 0.25) is 0 Å². The molecule has 0 bridgehead atoms. The molecule has 1 saturated heterocycles. The number of likely N-dealkylation sites (N-methyl/N-ethyl adjacent to an activating group) is 1. The van der Waals surface area contributed by atoms with Gasteiger partial charge in [-0.15, -0.1) is 0 Å². The van der Waals surface area contributed by atoms with Crippen molar-refractivity contribution in [2.24, 2.45) is 17.8 Å². The van der Waals surface area contributed by atoms with Crippen molar-refractivity contribution < 1.29 is 28.6 Å². The molecular formula is C52H100N2O6. The van der Waals surface area contributed by atoms with Crippen LogP contribution in [0.3, 0.4) is 0 Å². The third-order valence-corrected chi connectivity index (χ3v) is 13.1. The zero-order valence-electron chi connectivity index (χ0n) is 40.6. The van der Waals surface area contributed by atoms with Crippen molar-refractivity contribution in [3.05, 3.63) is 0 Å². The molecule has 0 aromatic rings. The molecule has 0 N–H and O–H groups in total. The number of carbonyl (C=O) groups excluding carboxylic acids is 3. The number of rotatable bonds is 43. The molecule has 0 aliphatic carbocycles. The highest BCUT2D eigenvalue weighted by atomic mass is 16.5. The van der Waals surface area contributed by atoms with E-state index in [0.29, 0.717) is 44.5 Å². The standard InChI is InChI=1S/C52H100N2O6/c1-6-10-29-47(30-11-7-2)37-45-58-50(55)35-26-22-18-14-16-20-24-33-49(52(57)60-44-28-39-54-42-40-53(5)41-43-54)34-25-21-17-15-19-23-27-36-51(56)59-46-38-48(31-12-8-3)32-13-9-4/h47-49H,6-46H2,1-5H3. The summed E-state index contributed by atoms with van der Waals surface area (Å²) in [6.07, 6.45) is 36.5. The molecule has 354 valence electrons. The molecule has 0 atom stereocenters. The van der Waals surface area contributed by atoms with Crippen molar-refractivity contribution in [1.29, 1.82) is 0 Å². The van der Waals surface area contributed by atoms with Gasteiger partial charge < -0.3 is 24.0 Å². The molecule has 60 heavy (non-hydrogen) atoms. The Morgan fingerprint density at radius 2 is 0.800 bits per heavy atom. The Balaban J connectivity index is 2.26. The summed E-state index contributed by atoms with van der Waals surface area (Å²) in [6.45, 7) is 16.1. The smallest absolute Gasteiger partial charge is 0.308 e. The second kappa shape index (κ2) is 41.3. The van der Waals surface area contributed by atoms with Gasteiger partial charge in [0, 0.05) is 45.6 Å². The highest BCUT2D eigenvalue weighted by molar-refractivity contribution is 5.72. The zero-order chi connectivity index (χ0) is 43.7. The maximum Gasteiger partial charge on any atom is 0.308 e. The van der Waals surface area contributed by atoms with Crippen LogP contribution in [0.4, 0.5) is 0 Å². The first-order valence-corrected chi connectivity index (χ1v) is 26.2. The van der Waals surface area contributed by atoms with Crippen molar-refractivity contribution in [3.8, 4) is 0 Å². The molecule has 0 unspecified atom stereocenters. The van der Waals surface area contributed by atoms with Gasteiger partial charge in [-0.25, -0.2) is 0 Å². The highest BCUT2D eigenvalue weighted by Gasteiger charge is 2.20. The Morgan fingerprint density at radius 1 is 0.417 bits per heavy atom. The van der Waals surface area contributed by atoms with Gasteiger partial charge in [0.1, 0.15) is 0 Å². The molecule has 8 heteroatoms.